The molecule has 1 N–H and O–H groups in total. The van der Waals surface area contributed by atoms with Crippen LogP contribution in [0.5, 0.6) is 0 Å². The molecule has 0 aliphatic carbocycles. The first-order valence-electron chi connectivity index (χ1n) is 7.07. The van der Waals surface area contributed by atoms with Crippen LogP contribution < -0.4 is 5.32 Å². The molecule has 0 aromatic heterocycles. The van der Waals surface area contributed by atoms with Gasteiger partial charge in [-0.1, -0.05) is 15.9 Å². The number of hydrogen-bond donors (Lipinski definition) is 1. The molecule has 1 amide bonds. The number of halogens is 2. The second-order valence-corrected chi connectivity index (χ2v) is 8.38. The van der Waals surface area contributed by atoms with E-state index in [9.17, 15) is 17.6 Å². The number of sulfonamides is 1. The van der Waals surface area contributed by atoms with Crippen LogP contribution in [-0.4, -0.2) is 37.5 Å². The second kappa shape index (κ2) is 7.06. The molecule has 0 radical (unpaired) electrons. The van der Waals surface area contributed by atoms with Crippen molar-refractivity contribution < 1.29 is 17.6 Å². The highest BCUT2D eigenvalue weighted by Crippen LogP contribution is 2.23. The molecule has 8 heteroatoms. The zero-order valence-electron chi connectivity index (χ0n) is 12.2. The molecule has 5 nitrogen and oxygen atoms in total. The van der Waals surface area contributed by atoms with Crippen LogP contribution in [0.25, 0.3) is 0 Å². The van der Waals surface area contributed by atoms with Crippen LogP contribution in [-0.2, 0) is 14.8 Å². The Labute approximate surface area is 138 Å². The van der Waals surface area contributed by atoms with Gasteiger partial charge in [-0.25, -0.2) is 17.1 Å². The lowest BCUT2D eigenvalue weighted by atomic mass is 9.98. The highest BCUT2D eigenvalue weighted by atomic mass is 79.9. The lowest BCUT2D eigenvalue weighted by Gasteiger charge is -2.30. The van der Waals surface area contributed by atoms with Crippen LogP contribution in [0.1, 0.15) is 19.8 Å². The summed E-state index contributed by atoms with van der Waals surface area (Å²) < 4.78 is 39.5. The Bertz CT molecular complexity index is 666. The van der Waals surface area contributed by atoms with Gasteiger partial charge in [0.2, 0.25) is 15.9 Å². The third kappa shape index (κ3) is 4.05. The summed E-state index contributed by atoms with van der Waals surface area (Å²) in [5.41, 5.74) is 0.101. The standard InChI is InChI=1S/C14H18BrFN2O3S/c1-2-22(20,21)18-7-3-4-10(9-18)14(19)17-13-6-5-11(15)8-12(13)16/h5-6,8,10H,2-4,7,9H2,1H3,(H,17,19). The van der Waals surface area contributed by atoms with Crippen LogP contribution in [0, 0.1) is 11.7 Å². The van der Waals surface area contributed by atoms with Gasteiger partial charge in [0, 0.05) is 17.6 Å². The second-order valence-electron chi connectivity index (χ2n) is 5.21. The minimum atomic E-state index is -3.30. The van der Waals surface area contributed by atoms with Gasteiger partial charge in [0.1, 0.15) is 5.82 Å². The molecule has 1 atom stereocenters. The Morgan fingerprint density at radius 3 is 2.86 bits per heavy atom. The van der Waals surface area contributed by atoms with Crippen molar-refractivity contribution in [3.8, 4) is 0 Å². The molecule has 122 valence electrons. The van der Waals surface area contributed by atoms with Crippen molar-refractivity contribution in [3.05, 3.63) is 28.5 Å². The SMILES string of the molecule is CCS(=O)(=O)N1CCCC(C(=O)Nc2ccc(Br)cc2F)C1. The van der Waals surface area contributed by atoms with E-state index in [1.807, 2.05) is 0 Å². The maximum Gasteiger partial charge on any atom is 0.228 e. The van der Waals surface area contributed by atoms with Gasteiger partial charge in [-0.3, -0.25) is 4.79 Å². The Balaban J connectivity index is 2.06. The van der Waals surface area contributed by atoms with Crippen molar-refractivity contribution >= 4 is 37.5 Å². The number of carbonyl (C=O) groups is 1. The van der Waals surface area contributed by atoms with Crippen LogP contribution in [0.2, 0.25) is 0 Å². The molecule has 1 unspecified atom stereocenters. The number of benzene rings is 1. The van der Waals surface area contributed by atoms with Gasteiger partial charge in [0.05, 0.1) is 17.4 Å². The topological polar surface area (TPSA) is 66.5 Å². The molecule has 1 aliphatic heterocycles. The maximum atomic E-state index is 13.7. The molecule has 2 rings (SSSR count). The van der Waals surface area contributed by atoms with Crippen molar-refractivity contribution in [2.75, 3.05) is 24.2 Å². The number of nitrogens with zero attached hydrogens (tertiary/aromatic N) is 1. The average Bonchev–Trinajstić information content (AvgIpc) is 2.50. The lowest BCUT2D eigenvalue weighted by molar-refractivity contribution is -0.120. The third-order valence-electron chi connectivity index (χ3n) is 3.70. The molecule has 0 spiro atoms. The minimum Gasteiger partial charge on any atom is -0.323 e. The van der Waals surface area contributed by atoms with Gasteiger partial charge in [-0.05, 0) is 38.0 Å². The largest absolute Gasteiger partial charge is 0.323 e. The first-order chi connectivity index (χ1) is 10.3. The summed E-state index contributed by atoms with van der Waals surface area (Å²) in [6.45, 7) is 2.17. The predicted octanol–water partition coefficient (Wildman–Crippen LogP) is 2.59. The fourth-order valence-corrected chi connectivity index (χ4v) is 3.93. The van der Waals surface area contributed by atoms with Crippen molar-refractivity contribution in [3.63, 3.8) is 0 Å². The lowest BCUT2D eigenvalue weighted by Crippen LogP contribution is -2.44. The number of hydrogen-bond acceptors (Lipinski definition) is 3. The number of piperidine rings is 1. The number of amides is 1. The van der Waals surface area contributed by atoms with E-state index in [2.05, 4.69) is 21.2 Å². The summed E-state index contributed by atoms with van der Waals surface area (Å²) in [6.07, 6.45) is 1.22. The van der Waals surface area contributed by atoms with Crippen LogP contribution >= 0.6 is 15.9 Å². The number of anilines is 1. The molecule has 0 bridgehead atoms. The van der Waals surface area contributed by atoms with Gasteiger partial charge in [-0.2, -0.15) is 0 Å². The van der Waals surface area contributed by atoms with E-state index in [-0.39, 0.29) is 23.9 Å². The molecule has 1 aliphatic rings. The monoisotopic (exact) mass is 392 g/mol. The van der Waals surface area contributed by atoms with Gasteiger partial charge >= 0.3 is 0 Å². The first kappa shape index (κ1) is 17.4. The smallest absolute Gasteiger partial charge is 0.228 e. The summed E-state index contributed by atoms with van der Waals surface area (Å²) in [5, 5.41) is 2.54. The fraction of sp³-hybridized carbons (Fsp3) is 0.500. The van der Waals surface area contributed by atoms with Crippen LogP contribution in [0.3, 0.4) is 0 Å². The molecular formula is C14H18BrFN2O3S. The molecular weight excluding hydrogens is 375 g/mol. The number of rotatable bonds is 4. The van der Waals surface area contributed by atoms with E-state index >= 15 is 0 Å². The van der Waals surface area contributed by atoms with Gasteiger partial charge in [-0.15, -0.1) is 0 Å². The molecule has 1 saturated heterocycles. The Morgan fingerprint density at radius 2 is 2.23 bits per heavy atom. The van der Waals surface area contributed by atoms with Gasteiger partial charge in [0.15, 0.2) is 0 Å². The fourth-order valence-electron chi connectivity index (χ4n) is 2.42. The van der Waals surface area contributed by atoms with Crippen LogP contribution in [0.4, 0.5) is 10.1 Å². The van der Waals surface area contributed by atoms with Gasteiger partial charge < -0.3 is 5.32 Å². The highest BCUT2D eigenvalue weighted by Gasteiger charge is 2.31. The number of carbonyl (C=O) groups excluding carboxylic acids is 1. The third-order valence-corrected chi connectivity index (χ3v) is 6.04. The van der Waals surface area contributed by atoms with E-state index in [1.165, 1.54) is 16.4 Å². The predicted molar refractivity (Wildman–Crippen MR) is 86.5 cm³/mol. The first-order valence-corrected chi connectivity index (χ1v) is 9.47. The summed E-state index contributed by atoms with van der Waals surface area (Å²) >= 11 is 3.15. The number of nitrogens with one attached hydrogen (secondary N) is 1. The van der Waals surface area contributed by atoms with E-state index in [4.69, 9.17) is 0 Å². The van der Waals surface area contributed by atoms with Crippen molar-refractivity contribution in [2.24, 2.45) is 5.92 Å². The van der Waals surface area contributed by atoms with E-state index in [1.54, 1.807) is 13.0 Å². The Hall–Kier alpha value is -0.990. The molecule has 0 saturated carbocycles. The molecule has 1 aromatic rings. The van der Waals surface area contributed by atoms with Crippen molar-refractivity contribution in [1.82, 2.24) is 4.31 Å². The van der Waals surface area contributed by atoms with E-state index in [0.717, 1.165) is 0 Å². The molecule has 22 heavy (non-hydrogen) atoms. The zero-order chi connectivity index (χ0) is 16.3. The quantitative estimate of drug-likeness (QED) is 0.855. The summed E-state index contributed by atoms with van der Waals surface area (Å²) in [4.78, 5) is 12.3. The van der Waals surface area contributed by atoms with E-state index in [0.29, 0.717) is 23.9 Å². The molecule has 1 aromatic carbocycles. The normalized spacial score (nSPS) is 19.9. The summed E-state index contributed by atoms with van der Waals surface area (Å²) in [6, 6.07) is 4.37. The molecule has 1 heterocycles. The van der Waals surface area contributed by atoms with Crippen molar-refractivity contribution in [2.45, 2.75) is 19.8 Å². The Kier molecular flexibility index (Phi) is 5.57. The zero-order valence-corrected chi connectivity index (χ0v) is 14.6. The molecule has 1 fully saturated rings. The maximum absolute atomic E-state index is 13.7. The van der Waals surface area contributed by atoms with Crippen molar-refractivity contribution in [1.29, 1.82) is 0 Å². The average molecular weight is 393 g/mol. The Morgan fingerprint density at radius 1 is 1.50 bits per heavy atom. The summed E-state index contributed by atoms with van der Waals surface area (Å²) in [7, 11) is -3.30. The van der Waals surface area contributed by atoms with Gasteiger partial charge in [0.25, 0.3) is 0 Å². The minimum absolute atomic E-state index is 0.0165. The van der Waals surface area contributed by atoms with Crippen LogP contribution in [0.15, 0.2) is 22.7 Å². The highest BCUT2D eigenvalue weighted by molar-refractivity contribution is 9.10. The summed E-state index contributed by atoms with van der Waals surface area (Å²) in [5.74, 6) is -1.32. The van der Waals surface area contributed by atoms with E-state index < -0.39 is 21.8 Å².